The third kappa shape index (κ3) is 7.08. The molecule has 3 heterocycles. The average molecular weight is 674 g/mol. The van der Waals surface area contributed by atoms with Gasteiger partial charge in [0.25, 0.3) is 5.78 Å². The molecule has 12 heteroatoms. The molecule has 0 bridgehead atoms. The molecule has 10 nitrogen and oxygen atoms in total. The molecule has 1 aromatic heterocycles. The fourth-order valence-corrected chi connectivity index (χ4v) is 7.08. The lowest BCUT2D eigenvalue weighted by Crippen LogP contribution is -2.29. The lowest BCUT2D eigenvalue weighted by Gasteiger charge is -2.24. The van der Waals surface area contributed by atoms with Crippen LogP contribution in [0.15, 0.2) is 76.6 Å². The van der Waals surface area contributed by atoms with Gasteiger partial charge in [-0.05, 0) is 60.7 Å². The summed E-state index contributed by atoms with van der Waals surface area (Å²) < 4.78 is 24.0. The van der Waals surface area contributed by atoms with Crippen molar-refractivity contribution in [2.75, 3.05) is 31.3 Å². The van der Waals surface area contributed by atoms with Crippen LogP contribution in [-0.4, -0.2) is 53.4 Å². The number of aromatic nitrogens is 2. The average Bonchev–Trinajstić information content (AvgIpc) is 3.65. The zero-order chi connectivity index (χ0) is 32.9. The van der Waals surface area contributed by atoms with Gasteiger partial charge in [-0.25, -0.2) is 0 Å². The number of carbonyl (C=O) groups is 2. The number of Topliss-reactive ketones (excluding diaryl/α,β-unsaturated/α-hetero) is 1. The summed E-state index contributed by atoms with van der Waals surface area (Å²) >= 11 is 2.70. The number of carbonyl (C=O) groups excluding carboxylic acids is 2. The molecule has 47 heavy (non-hydrogen) atoms. The molecule has 244 valence electrons. The molecule has 0 saturated carbocycles. The van der Waals surface area contributed by atoms with E-state index in [1.54, 1.807) is 36.4 Å². The molecule has 1 fully saturated rings. The maximum atomic E-state index is 13.8. The van der Waals surface area contributed by atoms with Crippen molar-refractivity contribution < 1.29 is 33.6 Å². The number of aliphatic hydroxyl groups excluding tert-OH is 1. The minimum absolute atomic E-state index is 0.0868. The highest BCUT2D eigenvalue weighted by molar-refractivity contribution is 8.00. The first kappa shape index (κ1) is 32.4. The Morgan fingerprint density at radius 1 is 1.00 bits per heavy atom. The summed E-state index contributed by atoms with van der Waals surface area (Å²) in [5.74, 6) is 1.12. The molecule has 0 unspecified atom stereocenters. The van der Waals surface area contributed by atoms with Crippen molar-refractivity contribution in [3.8, 4) is 23.0 Å². The van der Waals surface area contributed by atoms with Crippen LogP contribution in [0.1, 0.15) is 49.9 Å². The topological polar surface area (TPSA) is 120 Å². The molecule has 0 aliphatic carbocycles. The lowest BCUT2D eigenvalue weighted by molar-refractivity contribution is -0.132. The quantitative estimate of drug-likeness (QED) is 0.0551. The van der Waals surface area contributed by atoms with Crippen molar-refractivity contribution in [1.29, 1.82) is 0 Å². The molecule has 1 saturated heterocycles. The van der Waals surface area contributed by atoms with Crippen LogP contribution in [-0.2, 0) is 15.3 Å². The number of benzene rings is 3. The molecule has 2 aliphatic heterocycles. The Labute approximate surface area is 281 Å². The van der Waals surface area contributed by atoms with Crippen molar-refractivity contribution >= 4 is 45.7 Å². The summed E-state index contributed by atoms with van der Waals surface area (Å²) in [6.45, 7) is 7.77. The van der Waals surface area contributed by atoms with Crippen LogP contribution in [0.25, 0.3) is 5.76 Å². The molecule has 1 N–H and O–H groups in total. The first-order valence-corrected chi connectivity index (χ1v) is 17.2. The second kappa shape index (κ2) is 14.5. The normalized spacial score (nSPS) is 16.9. The van der Waals surface area contributed by atoms with Crippen LogP contribution >= 0.6 is 23.1 Å². The number of hydrogen-bond donors (Lipinski definition) is 1. The molecule has 3 aromatic carbocycles. The van der Waals surface area contributed by atoms with E-state index in [2.05, 4.69) is 24.0 Å². The summed E-state index contributed by atoms with van der Waals surface area (Å²) in [7, 11) is 0. The molecular weight excluding hydrogens is 639 g/mol. The van der Waals surface area contributed by atoms with Gasteiger partial charge in [-0.1, -0.05) is 73.3 Å². The predicted molar refractivity (Wildman–Crippen MR) is 181 cm³/mol. The van der Waals surface area contributed by atoms with Crippen LogP contribution in [0.2, 0.25) is 0 Å². The van der Waals surface area contributed by atoms with Gasteiger partial charge in [0.1, 0.15) is 19.0 Å². The third-order valence-electron chi connectivity index (χ3n) is 7.60. The van der Waals surface area contributed by atoms with Crippen LogP contribution in [0.4, 0.5) is 5.13 Å². The first-order valence-electron chi connectivity index (χ1n) is 15.4. The van der Waals surface area contributed by atoms with Gasteiger partial charge in [-0.15, -0.1) is 10.2 Å². The molecule has 1 amide bonds. The summed E-state index contributed by atoms with van der Waals surface area (Å²) in [4.78, 5) is 28.9. The van der Waals surface area contributed by atoms with Crippen molar-refractivity contribution in [1.82, 2.24) is 10.2 Å². The zero-order valence-electron chi connectivity index (χ0n) is 26.3. The van der Waals surface area contributed by atoms with Crippen molar-refractivity contribution in [3.63, 3.8) is 0 Å². The highest BCUT2D eigenvalue weighted by atomic mass is 32.2. The Hall–Kier alpha value is -4.55. The second-order valence-electron chi connectivity index (χ2n) is 11.3. The molecular formula is C35H35N3O7S2. The van der Waals surface area contributed by atoms with Gasteiger partial charge >= 0.3 is 5.91 Å². The minimum Gasteiger partial charge on any atom is -0.507 e. The molecule has 6 rings (SSSR count). The highest BCUT2D eigenvalue weighted by Gasteiger charge is 2.48. The van der Waals surface area contributed by atoms with Crippen molar-refractivity contribution in [3.05, 3.63) is 89.0 Å². The monoisotopic (exact) mass is 673 g/mol. The number of hydrogen-bond acceptors (Lipinski definition) is 11. The van der Waals surface area contributed by atoms with Crippen molar-refractivity contribution in [2.45, 2.75) is 43.3 Å². The van der Waals surface area contributed by atoms with E-state index < -0.39 is 17.7 Å². The highest BCUT2D eigenvalue weighted by Crippen LogP contribution is 2.46. The second-order valence-corrected chi connectivity index (χ2v) is 13.5. The number of ketones is 1. The number of amides is 1. The van der Waals surface area contributed by atoms with E-state index in [1.165, 1.54) is 28.0 Å². The molecule has 1 atom stereocenters. The summed E-state index contributed by atoms with van der Waals surface area (Å²) in [5, 5.41) is 20.6. The minimum atomic E-state index is -1.02. The Kier molecular flexibility index (Phi) is 9.98. The molecule has 4 aromatic rings. The van der Waals surface area contributed by atoms with Gasteiger partial charge in [-0.3, -0.25) is 14.5 Å². The zero-order valence-corrected chi connectivity index (χ0v) is 27.9. The van der Waals surface area contributed by atoms with Gasteiger partial charge < -0.3 is 24.1 Å². The number of aliphatic hydroxyl groups is 1. The smallest absolute Gasteiger partial charge is 0.301 e. The van der Waals surface area contributed by atoms with Gasteiger partial charge in [0.2, 0.25) is 5.13 Å². The number of nitrogens with zero attached hydrogens (tertiary/aromatic N) is 3. The number of fused-ring (bicyclic) bond motifs is 1. The van der Waals surface area contributed by atoms with E-state index >= 15 is 0 Å². The standard InChI is InChI=1S/C35H35N3O7S2/c1-4-42-27-18-23(10-12-25(27)43-15-14-21(2)3)30-29(31(39)24-11-13-26-28(19-24)45-17-16-44-26)32(40)33(41)38(30)34-36-37-35(47-34)46-20-22-8-6-5-7-9-22/h5-13,18-19,21,30,39H,4,14-17,20H2,1-3H3/b31-29+/t30-/m0/s1. The van der Waals surface area contributed by atoms with Gasteiger partial charge in [-0.2, -0.15) is 0 Å². The number of ether oxygens (including phenoxy) is 4. The number of rotatable bonds is 12. The lowest BCUT2D eigenvalue weighted by atomic mass is 9.95. The number of anilines is 1. The molecule has 0 spiro atoms. The van der Waals surface area contributed by atoms with Crippen LogP contribution in [0.3, 0.4) is 0 Å². The summed E-state index contributed by atoms with van der Waals surface area (Å²) in [6, 6.07) is 19.1. The van der Waals surface area contributed by atoms with Gasteiger partial charge in [0.05, 0.1) is 24.8 Å². The van der Waals surface area contributed by atoms with E-state index in [0.717, 1.165) is 12.0 Å². The van der Waals surface area contributed by atoms with Gasteiger partial charge in [0.15, 0.2) is 27.3 Å². The SMILES string of the molecule is CCOc1cc([C@H]2/C(=C(\O)c3ccc4c(c3)OCCO4)C(=O)C(=O)N2c2nnc(SCc3ccccc3)s2)ccc1OCCC(C)C. The van der Waals surface area contributed by atoms with Crippen LogP contribution in [0, 0.1) is 5.92 Å². The largest absolute Gasteiger partial charge is 0.507 e. The fourth-order valence-electron chi connectivity index (χ4n) is 5.26. The van der Waals surface area contributed by atoms with Crippen molar-refractivity contribution in [2.24, 2.45) is 5.92 Å². The third-order valence-corrected chi connectivity index (χ3v) is 9.73. The van der Waals surface area contributed by atoms with E-state index in [9.17, 15) is 14.7 Å². The molecule has 0 radical (unpaired) electrons. The first-order chi connectivity index (χ1) is 22.8. The van der Waals surface area contributed by atoms with E-state index in [1.807, 2.05) is 37.3 Å². The maximum absolute atomic E-state index is 13.8. The fraction of sp³-hybridized carbons (Fsp3) is 0.314. The van der Waals surface area contributed by atoms with Gasteiger partial charge in [0, 0.05) is 11.3 Å². The van der Waals surface area contributed by atoms with E-state index in [4.69, 9.17) is 18.9 Å². The number of thioether (sulfide) groups is 1. The molecule has 2 aliphatic rings. The Bertz CT molecular complexity index is 1790. The Balaban J connectivity index is 1.41. The Morgan fingerprint density at radius 3 is 2.55 bits per heavy atom. The Morgan fingerprint density at radius 2 is 1.79 bits per heavy atom. The van der Waals surface area contributed by atoms with E-state index in [0.29, 0.717) is 76.6 Å². The van der Waals surface area contributed by atoms with Crippen LogP contribution < -0.4 is 23.8 Å². The summed E-state index contributed by atoms with van der Waals surface area (Å²) in [6.07, 6.45) is 0.866. The van der Waals surface area contributed by atoms with E-state index in [-0.39, 0.29) is 16.5 Å². The summed E-state index contributed by atoms with van der Waals surface area (Å²) in [5.41, 5.74) is 1.88. The predicted octanol–water partition coefficient (Wildman–Crippen LogP) is 7.05. The maximum Gasteiger partial charge on any atom is 0.301 e. The van der Waals surface area contributed by atoms with Crippen LogP contribution in [0.5, 0.6) is 23.0 Å².